The van der Waals surface area contributed by atoms with E-state index in [0.29, 0.717) is 13.1 Å². The van der Waals surface area contributed by atoms with E-state index in [9.17, 15) is 9.59 Å². The summed E-state index contributed by atoms with van der Waals surface area (Å²) >= 11 is 0. The second kappa shape index (κ2) is 5.73. The molecule has 0 atom stereocenters. The van der Waals surface area contributed by atoms with Gasteiger partial charge in [0, 0.05) is 27.2 Å². The number of aromatic nitrogens is 1. The number of anilines is 1. The lowest BCUT2D eigenvalue weighted by Crippen LogP contribution is -2.37. The molecule has 0 saturated carbocycles. The number of aromatic carboxylic acids is 1. The molecule has 0 aliphatic heterocycles. The van der Waals surface area contributed by atoms with E-state index in [2.05, 4.69) is 15.6 Å². The summed E-state index contributed by atoms with van der Waals surface area (Å²) in [7, 11) is 3.27. The van der Waals surface area contributed by atoms with Gasteiger partial charge in [0.1, 0.15) is 6.26 Å². The number of nitrogens with zero attached hydrogens (tertiary/aromatic N) is 2. The maximum Gasteiger partial charge on any atom is 0.357 e. The van der Waals surface area contributed by atoms with Crippen LogP contribution in [0.5, 0.6) is 0 Å². The van der Waals surface area contributed by atoms with Crippen LogP contribution in [0.15, 0.2) is 10.7 Å². The molecule has 8 nitrogen and oxygen atoms in total. The number of nitrogens with one attached hydrogen (secondary N) is 2. The van der Waals surface area contributed by atoms with Gasteiger partial charge in [0.15, 0.2) is 5.69 Å². The standard InChI is InChI=1S/C9H14N4O4/c1-13(2)9(16)11-4-3-10-8-12-6(5-17-8)7(14)15/h5H,3-4H2,1-2H3,(H,10,12)(H,11,16)(H,14,15). The topological polar surface area (TPSA) is 108 Å². The van der Waals surface area contributed by atoms with Gasteiger partial charge in [-0.25, -0.2) is 9.59 Å². The van der Waals surface area contributed by atoms with Gasteiger partial charge in [-0.05, 0) is 0 Å². The molecule has 0 spiro atoms. The highest BCUT2D eigenvalue weighted by molar-refractivity contribution is 5.85. The van der Waals surface area contributed by atoms with Crippen LogP contribution in [0.2, 0.25) is 0 Å². The molecule has 0 unspecified atom stereocenters. The number of carbonyl (C=O) groups is 2. The molecule has 0 radical (unpaired) electrons. The van der Waals surface area contributed by atoms with E-state index in [0.717, 1.165) is 6.26 Å². The summed E-state index contributed by atoms with van der Waals surface area (Å²) in [5, 5.41) is 14.0. The number of hydrogen-bond donors (Lipinski definition) is 3. The van der Waals surface area contributed by atoms with Crippen molar-refractivity contribution in [1.29, 1.82) is 0 Å². The molecule has 8 heteroatoms. The Bertz CT molecular complexity index is 401. The van der Waals surface area contributed by atoms with Crippen molar-refractivity contribution in [1.82, 2.24) is 15.2 Å². The van der Waals surface area contributed by atoms with E-state index in [-0.39, 0.29) is 17.7 Å². The van der Waals surface area contributed by atoms with Gasteiger partial charge in [0.05, 0.1) is 0 Å². The normalized spacial score (nSPS) is 9.76. The molecular formula is C9H14N4O4. The zero-order valence-electron chi connectivity index (χ0n) is 9.56. The lowest BCUT2D eigenvalue weighted by Gasteiger charge is -2.11. The Morgan fingerprint density at radius 3 is 2.71 bits per heavy atom. The number of carboxylic acids is 1. The minimum absolute atomic E-state index is 0.113. The number of carboxylic acid groups (broad SMARTS) is 1. The molecule has 0 saturated heterocycles. The van der Waals surface area contributed by atoms with Gasteiger partial charge >= 0.3 is 12.0 Å². The van der Waals surface area contributed by atoms with Crippen LogP contribution < -0.4 is 10.6 Å². The first-order valence-corrected chi connectivity index (χ1v) is 4.88. The molecule has 2 amide bonds. The number of amides is 2. The third-order valence-electron chi connectivity index (χ3n) is 1.81. The molecule has 17 heavy (non-hydrogen) atoms. The van der Waals surface area contributed by atoms with Crippen LogP contribution in [0.1, 0.15) is 10.5 Å². The molecule has 3 N–H and O–H groups in total. The molecule has 1 rings (SSSR count). The SMILES string of the molecule is CN(C)C(=O)NCCNc1nc(C(=O)O)co1. The Kier molecular flexibility index (Phi) is 4.32. The van der Waals surface area contributed by atoms with Gasteiger partial charge in [0.2, 0.25) is 0 Å². The van der Waals surface area contributed by atoms with Crippen molar-refractivity contribution in [3.8, 4) is 0 Å². The lowest BCUT2D eigenvalue weighted by molar-refractivity contribution is 0.0690. The second-order valence-corrected chi connectivity index (χ2v) is 3.40. The average Bonchev–Trinajstić information content (AvgIpc) is 2.72. The van der Waals surface area contributed by atoms with Crippen molar-refractivity contribution in [2.75, 3.05) is 32.5 Å². The highest BCUT2D eigenvalue weighted by Crippen LogP contribution is 2.06. The van der Waals surface area contributed by atoms with Gasteiger partial charge in [-0.1, -0.05) is 0 Å². The quantitative estimate of drug-likeness (QED) is 0.630. The van der Waals surface area contributed by atoms with E-state index in [1.54, 1.807) is 14.1 Å². The Hall–Kier alpha value is -2.25. The average molecular weight is 242 g/mol. The molecule has 1 heterocycles. The molecule has 1 aromatic rings. The summed E-state index contributed by atoms with van der Waals surface area (Å²) in [5.41, 5.74) is -0.162. The molecule has 0 aromatic carbocycles. The van der Waals surface area contributed by atoms with E-state index in [1.807, 2.05) is 0 Å². The number of hydrogen-bond acceptors (Lipinski definition) is 5. The fraction of sp³-hybridized carbons (Fsp3) is 0.444. The van der Waals surface area contributed by atoms with Crippen LogP contribution >= 0.6 is 0 Å². The van der Waals surface area contributed by atoms with Crippen molar-refractivity contribution >= 4 is 18.0 Å². The van der Waals surface area contributed by atoms with Crippen molar-refractivity contribution in [3.05, 3.63) is 12.0 Å². The van der Waals surface area contributed by atoms with Crippen molar-refractivity contribution < 1.29 is 19.1 Å². The molecular weight excluding hydrogens is 228 g/mol. The van der Waals surface area contributed by atoms with E-state index >= 15 is 0 Å². The third-order valence-corrected chi connectivity index (χ3v) is 1.81. The Morgan fingerprint density at radius 1 is 1.47 bits per heavy atom. The van der Waals surface area contributed by atoms with Crippen LogP contribution in [-0.4, -0.2) is 54.2 Å². The van der Waals surface area contributed by atoms with E-state index in [4.69, 9.17) is 9.52 Å². The smallest absolute Gasteiger partial charge is 0.357 e. The molecule has 0 fully saturated rings. The van der Waals surface area contributed by atoms with Crippen LogP contribution in [0, 0.1) is 0 Å². The minimum Gasteiger partial charge on any atom is -0.476 e. The predicted molar refractivity (Wildman–Crippen MR) is 59.0 cm³/mol. The maximum atomic E-state index is 11.1. The number of rotatable bonds is 5. The van der Waals surface area contributed by atoms with Crippen LogP contribution in [0.3, 0.4) is 0 Å². The summed E-state index contributed by atoms with van der Waals surface area (Å²) < 4.78 is 4.85. The fourth-order valence-corrected chi connectivity index (χ4v) is 0.950. The summed E-state index contributed by atoms with van der Waals surface area (Å²) in [6.07, 6.45) is 1.04. The molecule has 0 aliphatic carbocycles. The van der Waals surface area contributed by atoms with Gasteiger partial charge in [-0.2, -0.15) is 4.98 Å². The van der Waals surface area contributed by atoms with E-state index in [1.165, 1.54) is 4.90 Å². The first kappa shape index (κ1) is 12.8. The van der Waals surface area contributed by atoms with Crippen molar-refractivity contribution in [2.24, 2.45) is 0 Å². The zero-order valence-corrected chi connectivity index (χ0v) is 9.56. The first-order chi connectivity index (χ1) is 8.00. The van der Waals surface area contributed by atoms with Gasteiger partial charge in [-0.3, -0.25) is 0 Å². The van der Waals surface area contributed by atoms with Crippen molar-refractivity contribution in [3.63, 3.8) is 0 Å². The Labute approximate surface area is 97.6 Å². The second-order valence-electron chi connectivity index (χ2n) is 3.40. The number of carbonyl (C=O) groups excluding carboxylic acids is 1. The maximum absolute atomic E-state index is 11.1. The minimum atomic E-state index is -1.15. The van der Waals surface area contributed by atoms with Gasteiger partial charge in [0.25, 0.3) is 6.01 Å². The van der Waals surface area contributed by atoms with Crippen LogP contribution in [-0.2, 0) is 0 Å². The molecule has 1 aromatic heterocycles. The lowest BCUT2D eigenvalue weighted by atomic mass is 10.5. The highest BCUT2D eigenvalue weighted by Gasteiger charge is 2.09. The summed E-state index contributed by atoms with van der Waals surface area (Å²) in [6, 6.07) is -0.0908. The summed E-state index contributed by atoms with van der Waals surface area (Å²) in [6.45, 7) is 0.765. The first-order valence-electron chi connectivity index (χ1n) is 4.88. The molecule has 0 bridgehead atoms. The van der Waals surface area contributed by atoms with Crippen LogP contribution in [0.25, 0.3) is 0 Å². The largest absolute Gasteiger partial charge is 0.476 e. The van der Waals surface area contributed by atoms with Gasteiger partial charge in [-0.15, -0.1) is 0 Å². The number of urea groups is 1. The monoisotopic (exact) mass is 242 g/mol. The zero-order chi connectivity index (χ0) is 12.8. The third kappa shape index (κ3) is 4.01. The van der Waals surface area contributed by atoms with Gasteiger partial charge < -0.3 is 25.1 Å². The van der Waals surface area contributed by atoms with Crippen LogP contribution in [0.4, 0.5) is 10.8 Å². The predicted octanol–water partition coefficient (Wildman–Crippen LogP) is 0.0559. The number of oxazole rings is 1. The highest BCUT2D eigenvalue weighted by atomic mass is 16.4. The van der Waals surface area contributed by atoms with Crippen molar-refractivity contribution in [2.45, 2.75) is 0 Å². The summed E-state index contributed by atoms with van der Waals surface area (Å²) in [5.74, 6) is -1.15. The summed E-state index contributed by atoms with van der Waals surface area (Å²) in [4.78, 5) is 26.7. The Morgan fingerprint density at radius 2 is 2.18 bits per heavy atom. The molecule has 0 aliphatic rings. The molecule has 94 valence electrons. The van der Waals surface area contributed by atoms with E-state index < -0.39 is 5.97 Å². The fourth-order valence-electron chi connectivity index (χ4n) is 0.950. The Balaban J connectivity index is 2.26.